The van der Waals surface area contributed by atoms with Crippen LogP contribution in [-0.4, -0.2) is 31.7 Å². The molecule has 0 fully saturated rings. The number of nitrogens with one attached hydrogen (secondary N) is 1. The molecule has 0 saturated heterocycles. The fourth-order valence-electron chi connectivity index (χ4n) is 2.39. The van der Waals surface area contributed by atoms with Gasteiger partial charge >= 0.3 is 0 Å². The van der Waals surface area contributed by atoms with Gasteiger partial charge in [0.15, 0.2) is 5.82 Å². The molecular formula is C17H18N6O. The molecule has 0 spiro atoms. The maximum Gasteiger partial charge on any atom is 0.240 e. The van der Waals surface area contributed by atoms with E-state index in [0.29, 0.717) is 17.9 Å². The lowest BCUT2D eigenvalue weighted by atomic mass is 10.1. The number of benzene rings is 1. The van der Waals surface area contributed by atoms with Crippen LogP contribution in [0.4, 0.5) is 5.82 Å². The molecule has 0 bridgehead atoms. The number of nitrogens with two attached hydrogens (primary N) is 1. The molecule has 1 amide bonds. The van der Waals surface area contributed by atoms with E-state index in [-0.39, 0.29) is 0 Å². The molecule has 7 nitrogen and oxygen atoms in total. The van der Waals surface area contributed by atoms with Gasteiger partial charge in [-0.25, -0.2) is 4.98 Å². The Morgan fingerprint density at radius 2 is 2.00 bits per heavy atom. The minimum absolute atomic E-state index is 0.436. The van der Waals surface area contributed by atoms with Crippen LogP contribution in [0, 0.1) is 0 Å². The minimum Gasteiger partial charge on any atom is -0.368 e. The summed E-state index contributed by atoms with van der Waals surface area (Å²) in [5, 5.41) is 11.3. The standard InChI is InChI=1S/C17H18N6O/c1-23-10-9-19-17(23)13-7-8-15(22-21-13)20-14(16(18)24)11-12-5-3-2-4-6-12/h2-10,14H,11H2,1H3,(H2,18,24)(H,20,22)/t14-/m0/s1. The molecule has 2 heterocycles. The average Bonchev–Trinajstić information content (AvgIpc) is 3.02. The number of aryl methyl sites for hydroxylation is 1. The van der Waals surface area contributed by atoms with Gasteiger partial charge in [0.2, 0.25) is 5.91 Å². The van der Waals surface area contributed by atoms with Gasteiger partial charge in [0, 0.05) is 25.9 Å². The number of carbonyl (C=O) groups excluding carboxylic acids is 1. The van der Waals surface area contributed by atoms with Gasteiger partial charge in [-0.3, -0.25) is 4.79 Å². The molecule has 0 saturated carbocycles. The number of aromatic nitrogens is 4. The van der Waals surface area contributed by atoms with Gasteiger partial charge in [0.05, 0.1) is 0 Å². The Morgan fingerprint density at radius 1 is 1.21 bits per heavy atom. The van der Waals surface area contributed by atoms with Gasteiger partial charge in [0.25, 0.3) is 0 Å². The third-order valence-electron chi connectivity index (χ3n) is 3.66. The van der Waals surface area contributed by atoms with Crippen molar-refractivity contribution in [2.75, 3.05) is 5.32 Å². The molecule has 7 heteroatoms. The molecule has 3 rings (SSSR count). The number of amides is 1. The van der Waals surface area contributed by atoms with Crippen molar-refractivity contribution in [3.63, 3.8) is 0 Å². The largest absolute Gasteiger partial charge is 0.368 e. The van der Waals surface area contributed by atoms with Crippen molar-refractivity contribution in [1.29, 1.82) is 0 Å². The lowest BCUT2D eigenvalue weighted by Gasteiger charge is -2.15. The van der Waals surface area contributed by atoms with Gasteiger partial charge in [-0.1, -0.05) is 30.3 Å². The van der Waals surface area contributed by atoms with Crippen LogP contribution in [-0.2, 0) is 18.3 Å². The number of nitrogens with zero attached hydrogens (tertiary/aromatic N) is 4. The van der Waals surface area contributed by atoms with Crippen molar-refractivity contribution < 1.29 is 4.79 Å². The number of rotatable bonds is 6. The molecule has 0 unspecified atom stereocenters. The van der Waals surface area contributed by atoms with Crippen molar-refractivity contribution in [1.82, 2.24) is 19.7 Å². The summed E-state index contributed by atoms with van der Waals surface area (Å²) in [6.07, 6.45) is 4.03. The third kappa shape index (κ3) is 3.57. The van der Waals surface area contributed by atoms with Crippen LogP contribution in [0.3, 0.4) is 0 Å². The molecule has 1 atom stereocenters. The first-order chi connectivity index (χ1) is 11.6. The van der Waals surface area contributed by atoms with E-state index < -0.39 is 11.9 Å². The number of hydrogen-bond donors (Lipinski definition) is 2. The summed E-state index contributed by atoms with van der Waals surface area (Å²) in [4.78, 5) is 15.9. The van der Waals surface area contributed by atoms with Crippen LogP contribution < -0.4 is 11.1 Å². The molecule has 0 aliphatic heterocycles. The zero-order valence-electron chi connectivity index (χ0n) is 13.3. The van der Waals surface area contributed by atoms with Gasteiger partial charge in [-0.2, -0.15) is 0 Å². The Hall–Kier alpha value is -3.22. The van der Waals surface area contributed by atoms with Crippen LogP contribution in [0.2, 0.25) is 0 Å². The van der Waals surface area contributed by atoms with Crippen molar-refractivity contribution in [2.24, 2.45) is 12.8 Å². The second-order valence-electron chi connectivity index (χ2n) is 5.45. The molecule has 0 radical (unpaired) electrons. The maximum atomic E-state index is 11.7. The second-order valence-corrected chi connectivity index (χ2v) is 5.45. The zero-order chi connectivity index (χ0) is 16.9. The molecule has 3 aromatic rings. The van der Waals surface area contributed by atoms with E-state index in [1.165, 1.54) is 0 Å². The highest BCUT2D eigenvalue weighted by molar-refractivity contribution is 5.83. The summed E-state index contributed by atoms with van der Waals surface area (Å²) in [6.45, 7) is 0. The Labute approximate surface area is 139 Å². The van der Waals surface area contributed by atoms with Crippen LogP contribution in [0.25, 0.3) is 11.5 Å². The summed E-state index contributed by atoms with van der Waals surface area (Å²) in [7, 11) is 1.89. The highest BCUT2D eigenvalue weighted by Crippen LogP contribution is 2.15. The number of anilines is 1. The zero-order valence-corrected chi connectivity index (χ0v) is 13.3. The molecule has 2 aromatic heterocycles. The Kier molecular flexibility index (Phi) is 4.51. The number of hydrogen-bond acceptors (Lipinski definition) is 5. The van der Waals surface area contributed by atoms with Gasteiger partial charge in [0.1, 0.15) is 17.6 Å². The summed E-state index contributed by atoms with van der Waals surface area (Å²) in [5.41, 5.74) is 7.18. The van der Waals surface area contributed by atoms with Crippen molar-refractivity contribution in [2.45, 2.75) is 12.5 Å². The Morgan fingerprint density at radius 3 is 2.58 bits per heavy atom. The average molecular weight is 322 g/mol. The molecule has 0 aliphatic carbocycles. The van der Waals surface area contributed by atoms with Gasteiger partial charge in [-0.05, 0) is 17.7 Å². The fraction of sp³-hybridized carbons (Fsp3) is 0.176. The predicted octanol–water partition coefficient (Wildman–Crippen LogP) is 1.39. The first kappa shape index (κ1) is 15.7. The highest BCUT2D eigenvalue weighted by Gasteiger charge is 2.17. The molecule has 0 aliphatic rings. The number of carbonyl (C=O) groups is 1. The van der Waals surface area contributed by atoms with Crippen LogP contribution >= 0.6 is 0 Å². The minimum atomic E-state index is -0.555. The quantitative estimate of drug-likeness (QED) is 0.714. The van der Waals surface area contributed by atoms with E-state index in [1.54, 1.807) is 18.3 Å². The first-order valence-electron chi connectivity index (χ1n) is 7.54. The number of primary amides is 1. The van der Waals surface area contributed by atoms with E-state index in [9.17, 15) is 4.79 Å². The third-order valence-corrected chi connectivity index (χ3v) is 3.66. The van der Waals surface area contributed by atoms with Crippen molar-refractivity contribution in [3.8, 4) is 11.5 Å². The molecular weight excluding hydrogens is 304 g/mol. The molecule has 24 heavy (non-hydrogen) atoms. The summed E-state index contributed by atoms with van der Waals surface area (Å²) in [6, 6.07) is 12.7. The smallest absolute Gasteiger partial charge is 0.240 e. The lowest BCUT2D eigenvalue weighted by molar-refractivity contribution is -0.118. The van der Waals surface area contributed by atoms with Crippen molar-refractivity contribution in [3.05, 3.63) is 60.4 Å². The predicted molar refractivity (Wildman–Crippen MR) is 91.0 cm³/mol. The molecule has 1 aromatic carbocycles. The lowest BCUT2D eigenvalue weighted by Crippen LogP contribution is -2.37. The van der Waals surface area contributed by atoms with Crippen LogP contribution in [0.15, 0.2) is 54.9 Å². The Balaban J connectivity index is 1.73. The van der Waals surface area contributed by atoms with Gasteiger partial charge in [-0.15, -0.1) is 10.2 Å². The van der Waals surface area contributed by atoms with Crippen LogP contribution in [0.5, 0.6) is 0 Å². The van der Waals surface area contributed by atoms with Gasteiger partial charge < -0.3 is 15.6 Å². The topological polar surface area (TPSA) is 98.7 Å². The van der Waals surface area contributed by atoms with E-state index in [1.807, 2.05) is 48.1 Å². The summed E-state index contributed by atoms with van der Waals surface area (Å²) < 4.78 is 1.86. The SMILES string of the molecule is Cn1ccnc1-c1ccc(N[C@@H](Cc2ccccc2)C(N)=O)nn1. The van der Waals surface area contributed by atoms with E-state index in [2.05, 4.69) is 20.5 Å². The first-order valence-corrected chi connectivity index (χ1v) is 7.54. The van der Waals surface area contributed by atoms with Crippen LogP contribution in [0.1, 0.15) is 5.56 Å². The van der Waals surface area contributed by atoms with E-state index in [4.69, 9.17) is 5.73 Å². The van der Waals surface area contributed by atoms with Crippen molar-refractivity contribution >= 4 is 11.7 Å². The summed E-state index contributed by atoms with van der Waals surface area (Å²) >= 11 is 0. The number of imidazole rings is 1. The maximum absolute atomic E-state index is 11.7. The normalized spacial score (nSPS) is 11.9. The Bertz CT molecular complexity index is 813. The summed E-state index contributed by atoms with van der Waals surface area (Å²) in [5.74, 6) is 0.784. The highest BCUT2D eigenvalue weighted by atomic mass is 16.1. The van der Waals surface area contributed by atoms with E-state index >= 15 is 0 Å². The van der Waals surface area contributed by atoms with E-state index in [0.717, 1.165) is 11.4 Å². The second kappa shape index (κ2) is 6.91. The fourth-order valence-corrected chi connectivity index (χ4v) is 2.39. The molecule has 3 N–H and O–H groups in total. The monoisotopic (exact) mass is 322 g/mol. The molecule has 122 valence electrons.